The maximum absolute atomic E-state index is 4.69. The summed E-state index contributed by atoms with van der Waals surface area (Å²) < 4.78 is 2.23. The van der Waals surface area contributed by atoms with Crippen LogP contribution < -0.4 is 0 Å². The van der Waals surface area contributed by atoms with Gasteiger partial charge in [0.2, 0.25) is 0 Å². The Morgan fingerprint density at radius 2 is 1.67 bits per heavy atom. The van der Waals surface area contributed by atoms with Crippen LogP contribution in [0, 0.1) is 7.14 Å². The summed E-state index contributed by atoms with van der Waals surface area (Å²) in [4.78, 5) is 13.3. The Hall–Kier alpha value is -0.830. The van der Waals surface area contributed by atoms with Gasteiger partial charge in [0.15, 0.2) is 0 Å². The quantitative estimate of drug-likeness (QED) is 0.519. The number of hydrogen-bond acceptors (Lipinski definition) is 3. The number of nitrogens with zero attached hydrogens (tertiary/aromatic N) is 3. The molecule has 0 atom stereocenters. The second kappa shape index (κ2) is 5.04. The van der Waals surface area contributed by atoms with Crippen molar-refractivity contribution >= 4 is 56.2 Å². The molecule has 0 radical (unpaired) electrons. The largest absolute Gasteiger partial charge is 0.264 e. The van der Waals surface area contributed by atoms with Crippen LogP contribution in [0.5, 0.6) is 0 Å². The smallest absolute Gasteiger partial charge is 0.104 e. The van der Waals surface area contributed by atoms with Gasteiger partial charge in [-0.3, -0.25) is 9.97 Å². The van der Waals surface area contributed by atoms with Gasteiger partial charge in [-0.05, 0) is 69.4 Å². The van der Waals surface area contributed by atoms with E-state index in [1.807, 2.05) is 12.1 Å². The van der Waals surface area contributed by atoms with Crippen molar-refractivity contribution in [2.24, 2.45) is 0 Å². The van der Waals surface area contributed by atoms with Gasteiger partial charge in [0.25, 0.3) is 0 Å². The van der Waals surface area contributed by atoms with Crippen molar-refractivity contribution in [1.82, 2.24) is 15.0 Å². The SMILES string of the molecule is Ic1ccc(I)c2nc(-c3cccnc3)cnc12. The summed E-state index contributed by atoms with van der Waals surface area (Å²) in [6.07, 6.45) is 5.36. The summed E-state index contributed by atoms with van der Waals surface area (Å²) in [5.74, 6) is 0. The lowest BCUT2D eigenvalue weighted by Crippen LogP contribution is -1.93. The molecule has 0 saturated carbocycles. The predicted octanol–water partition coefficient (Wildman–Crippen LogP) is 3.90. The van der Waals surface area contributed by atoms with Crippen molar-refractivity contribution in [1.29, 1.82) is 0 Å². The van der Waals surface area contributed by atoms with E-state index < -0.39 is 0 Å². The van der Waals surface area contributed by atoms with Crippen LogP contribution in [0.1, 0.15) is 0 Å². The monoisotopic (exact) mass is 459 g/mol. The predicted molar refractivity (Wildman–Crippen MR) is 88.2 cm³/mol. The van der Waals surface area contributed by atoms with Gasteiger partial charge >= 0.3 is 0 Å². The molecule has 0 aliphatic heterocycles. The maximum Gasteiger partial charge on any atom is 0.104 e. The molecule has 3 nitrogen and oxygen atoms in total. The van der Waals surface area contributed by atoms with Crippen LogP contribution in [-0.4, -0.2) is 15.0 Å². The Labute approximate surface area is 131 Å². The standard InChI is InChI=1S/C13H7I2N3/c14-9-3-4-10(15)13-12(9)17-7-11(18-13)8-2-1-5-16-6-8/h1-7H. The van der Waals surface area contributed by atoms with Crippen LogP contribution >= 0.6 is 45.2 Å². The lowest BCUT2D eigenvalue weighted by molar-refractivity contribution is 1.25. The van der Waals surface area contributed by atoms with E-state index in [2.05, 4.69) is 67.3 Å². The van der Waals surface area contributed by atoms with Crippen LogP contribution in [-0.2, 0) is 0 Å². The number of benzene rings is 1. The number of fused-ring (bicyclic) bond motifs is 1. The molecule has 0 aliphatic rings. The molecule has 2 aromatic heterocycles. The Bertz CT molecular complexity index is 714. The van der Waals surface area contributed by atoms with E-state index in [1.54, 1.807) is 18.6 Å². The number of rotatable bonds is 1. The zero-order chi connectivity index (χ0) is 12.5. The molecule has 5 heteroatoms. The van der Waals surface area contributed by atoms with E-state index in [0.29, 0.717) is 0 Å². The Morgan fingerprint density at radius 3 is 2.39 bits per heavy atom. The van der Waals surface area contributed by atoms with Gasteiger partial charge in [-0.1, -0.05) is 0 Å². The van der Waals surface area contributed by atoms with E-state index in [-0.39, 0.29) is 0 Å². The van der Waals surface area contributed by atoms with Gasteiger partial charge < -0.3 is 0 Å². The summed E-state index contributed by atoms with van der Waals surface area (Å²) in [5, 5.41) is 0. The molecule has 0 fully saturated rings. The Morgan fingerprint density at radius 1 is 0.889 bits per heavy atom. The average Bonchev–Trinajstić information content (AvgIpc) is 2.44. The first-order chi connectivity index (χ1) is 8.75. The number of aromatic nitrogens is 3. The zero-order valence-corrected chi connectivity index (χ0v) is 13.5. The minimum Gasteiger partial charge on any atom is -0.264 e. The van der Waals surface area contributed by atoms with E-state index in [9.17, 15) is 0 Å². The fraction of sp³-hybridized carbons (Fsp3) is 0. The number of pyridine rings is 1. The normalized spacial score (nSPS) is 10.8. The maximum atomic E-state index is 4.69. The van der Waals surface area contributed by atoms with E-state index in [4.69, 9.17) is 4.98 Å². The molecule has 0 aliphatic carbocycles. The highest BCUT2D eigenvalue weighted by Gasteiger charge is 2.08. The van der Waals surface area contributed by atoms with Gasteiger partial charge in [-0.15, -0.1) is 0 Å². The third-order valence-corrected chi connectivity index (χ3v) is 4.30. The summed E-state index contributed by atoms with van der Waals surface area (Å²) in [6.45, 7) is 0. The van der Waals surface area contributed by atoms with E-state index in [1.165, 1.54) is 0 Å². The second-order valence-electron chi connectivity index (χ2n) is 3.72. The number of halogens is 2. The minimum absolute atomic E-state index is 0.857. The molecule has 0 saturated heterocycles. The van der Waals surface area contributed by atoms with Crippen LogP contribution in [0.15, 0.2) is 42.9 Å². The van der Waals surface area contributed by atoms with Gasteiger partial charge in [-0.2, -0.15) is 0 Å². The first kappa shape index (κ1) is 12.2. The molecule has 1 aromatic carbocycles. The Balaban J connectivity index is 2.26. The molecule has 88 valence electrons. The fourth-order valence-corrected chi connectivity index (χ4v) is 2.82. The summed E-state index contributed by atoms with van der Waals surface area (Å²) in [7, 11) is 0. The lowest BCUT2D eigenvalue weighted by atomic mass is 10.2. The van der Waals surface area contributed by atoms with Gasteiger partial charge in [0.1, 0.15) is 11.0 Å². The molecule has 3 aromatic rings. The van der Waals surface area contributed by atoms with Gasteiger partial charge in [-0.25, -0.2) is 4.98 Å². The van der Waals surface area contributed by atoms with E-state index >= 15 is 0 Å². The molecule has 3 rings (SSSR count). The Kier molecular flexibility index (Phi) is 3.42. The number of hydrogen-bond donors (Lipinski definition) is 0. The molecular weight excluding hydrogens is 452 g/mol. The summed E-state index contributed by atoms with van der Waals surface area (Å²) in [5.41, 5.74) is 3.75. The topological polar surface area (TPSA) is 38.7 Å². The molecule has 18 heavy (non-hydrogen) atoms. The average molecular weight is 459 g/mol. The van der Waals surface area contributed by atoms with Gasteiger partial charge in [0, 0.05) is 25.1 Å². The van der Waals surface area contributed by atoms with Crippen molar-refractivity contribution in [3.8, 4) is 11.3 Å². The minimum atomic E-state index is 0.857. The van der Waals surface area contributed by atoms with Crippen molar-refractivity contribution in [3.63, 3.8) is 0 Å². The highest BCUT2D eigenvalue weighted by atomic mass is 127. The molecular formula is C13H7I2N3. The van der Waals surface area contributed by atoms with Gasteiger partial charge in [0.05, 0.1) is 11.9 Å². The molecule has 0 spiro atoms. The highest BCUT2D eigenvalue weighted by molar-refractivity contribution is 14.1. The fourth-order valence-electron chi connectivity index (χ4n) is 1.69. The van der Waals surface area contributed by atoms with Crippen molar-refractivity contribution in [2.75, 3.05) is 0 Å². The molecule has 2 heterocycles. The molecule has 0 bridgehead atoms. The first-order valence-electron chi connectivity index (χ1n) is 5.27. The first-order valence-corrected chi connectivity index (χ1v) is 7.42. The van der Waals surface area contributed by atoms with Crippen LogP contribution in [0.4, 0.5) is 0 Å². The van der Waals surface area contributed by atoms with Crippen LogP contribution in [0.25, 0.3) is 22.3 Å². The third kappa shape index (κ3) is 2.20. The molecule has 0 amide bonds. The van der Waals surface area contributed by atoms with E-state index in [0.717, 1.165) is 29.4 Å². The van der Waals surface area contributed by atoms with Crippen molar-refractivity contribution in [2.45, 2.75) is 0 Å². The molecule has 0 unspecified atom stereocenters. The van der Waals surface area contributed by atoms with Crippen molar-refractivity contribution < 1.29 is 0 Å². The third-order valence-electron chi connectivity index (χ3n) is 2.56. The summed E-state index contributed by atoms with van der Waals surface area (Å²) in [6, 6.07) is 8.01. The van der Waals surface area contributed by atoms with Crippen LogP contribution in [0.3, 0.4) is 0 Å². The van der Waals surface area contributed by atoms with Crippen molar-refractivity contribution in [3.05, 3.63) is 50.0 Å². The molecule has 0 N–H and O–H groups in total. The van der Waals surface area contributed by atoms with Crippen LogP contribution in [0.2, 0.25) is 0 Å². The second-order valence-corrected chi connectivity index (χ2v) is 6.05. The highest BCUT2D eigenvalue weighted by Crippen LogP contribution is 2.25. The zero-order valence-electron chi connectivity index (χ0n) is 9.14. The summed E-state index contributed by atoms with van der Waals surface area (Å²) >= 11 is 4.57. The lowest BCUT2D eigenvalue weighted by Gasteiger charge is -2.05.